The average Bonchev–Trinajstić information content (AvgIpc) is 1.66. The number of carbonyl (C=O) groups is 2. The first kappa shape index (κ1) is 16.1. The molecule has 0 atom stereocenters. The third kappa shape index (κ3) is 473. The van der Waals surface area contributed by atoms with E-state index >= 15 is 0 Å². The van der Waals surface area contributed by atoms with Crippen molar-refractivity contribution in [2.24, 2.45) is 5.73 Å². The maximum Gasteiger partial charge on any atom is 0.233 e. The number of nitrogens with two attached hydrogens (primary N) is 1. The predicted octanol–water partition coefficient (Wildman–Crippen LogP) is -0.891. The molecule has 54 valence electrons. The molecule has 0 aromatic heterocycles. The van der Waals surface area contributed by atoms with Gasteiger partial charge in [-0.15, -0.1) is 0 Å². The lowest BCUT2D eigenvalue weighted by atomic mass is 10.1. The second kappa shape index (κ2) is 15.7. The van der Waals surface area contributed by atoms with Gasteiger partial charge in [0, 0.05) is 0 Å². The Balaban J connectivity index is -0.0000000787. The summed E-state index contributed by atoms with van der Waals surface area (Å²) in [5.41, 5.74) is 4.17. The molecule has 6 heteroatoms. The summed E-state index contributed by atoms with van der Waals surface area (Å²) >= 11 is 0. The Bertz CT molecular complexity index is 76.5. The topological polar surface area (TPSA) is 80.4 Å². The molecule has 0 aromatic rings. The van der Waals surface area contributed by atoms with E-state index in [1.54, 1.807) is 0 Å². The summed E-state index contributed by atoms with van der Waals surface area (Å²) in [6, 6.07) is 0. The summed E-state index contributed by atoms with van der Waals surface area (Å²) in [6.07, 6.45) is 0. The Morgan fingerprint density at radius 1 is 1.30 bits per heavy atom. The molecule has 0 saturated carbocycles. The van der Waals surface area contributed by atoms with E-state index in [0.717, 1.165) is 0 Å². The van der Waals surface area contributed by atoms with Gasteiger partial charge in [-0.2, -0.15) is 0 Å². The SMILES string of the molecule is CN.[B]C(=O)O.[B]C(C)=O. The summed E-state index contributed by atoms with van der Waals surface area (Å²) in [4.78, 5) is 18.0. The van der Waals surface area contributed by atoms with Crippen LogP contribution < -0.4 is 5.73 Å². The summed E-state index contributed by atoms with van der Waals surface area (Å²) in [7, 11) is 10.0. The highest BCUT2D eigenvalue weighted by Gasteiger charge is 1.66. The van der Waals surface area contributed by atoms with E-state index < -0.39 is 5.87 Å². The van der Waals surface area contributed by atoms with Gasteiger partial charge in [-0.05, 0) is 14.0 Å². The number of carbonyl (C=O) groups excluding carboxylic acids is 1. The molecule has 0 spiro atoms. The van der Waals surface area contributed by atoms with Gasteiger partial charge in [-0.25, -0.2) is 0 Å². The summed E-state index contributed by atoms with van der Waals surface area (Å²) < 4.78 is 0. The fourth-order valence-corrected chi connectivity index (χ4v) is 0. The van der Waals surface area contributed by atoms with Crippen LogP contribution in [0.3, 0.4) is 0 Å². The van der Waals surface area contributed by atoms with Gasteiger partial charge in [0.15, 0.2) is 7.85 Å². The van der Waals surface area contributed by atoms with Crippen LogP contribution in [0.4, 0.5) is 4.79 Å². The van der Waals surface area contributed by atoms with E-state index in [9.17, 15) is 4.79 Å². The van der Waals surface area contributed by atoms with Crippen LogP contribution in [0.25, 0.3) is 0 Å². The molecule has 0 amide bonds. The standard InChI is InChI=1S/C2H3BO.CHBO2.CH5N/c1-2(3)4;2-1(3)4;1-2/h1H3;(H,3,4);2H2,1H3. The van der Waals surface area contributed by atoms with Crippen molar-refractivity contribution in [1.82, 2.24) is 0 Å². The molecule has 4 nitrogen and oxygen atoms in total. The van der Waals surface area contributed by atoms with Crippen molar-refractivity contribution in [3.63, 3.8) is 0 Å². The molecule has 0 rings (SSSR count). The van der Waals surface area contributed by atoms with Crippen LogP contribution in [-0.2, 0) is 4.79 Å². The highest BCUT2D eigenvalue weighted by atomic mass is 16.4. The molecule has 3 N–H and O–H groups in total. The van der Waals surface area contributed by atoms with Crippen molar-refractivity contribution in [2.75, 3.05) is 7.05 Å². The van der Waals surface area contributed by atoms with Crippen molar-refractivity contribution in [3.8, 4) is 0 Å². The highest BCUT2D eigenvalue weighted by Crippen LogP contribution is 1.41. The van der Waals surface area contributed by atoms with Gasteiger partial charge in [0.05, 0.1) is 5.68 Å². The molecular weight excluding hydrogens is 132 g/mol. The lowest BCUT2D eigenvalue weighted by Crippen LogP contribution is -1.83. The molecule has 10 heavy (non-hydrogen) atoms. The van der Waals surface area contributed by atoms with Crippen molar-refractivity contribution in [1.29, 1.82) is 0 Å². The van der Waals surface area contributed by atoms with E-state index in [-0.39, 0.29) is 5.68 Å². The number of rotatable bonds is 0. The number of hydrogen-bond acceptors (Lipinski definition) is 3. The molecule has 0 saturated heterocycles. The van der Waals surface area contributed by atoms with Crippen LogP contribution in [0.2, 0.25) is 0 Å². The van der Waals surface area contributed by atoms with Crippen LogP contribution in [0.1, 0.15) is 6.92 Å². The van der Waals surface area contributed by atoms with Crippen LogP contribution >= 0.6 is 0 Å². The fourth-order valence-electron chi connectivity index (χ4n) is 0. The molecule has 0 fully saturated rings. The molecule has 0 aliphatic carbocycles. The normalized spacial score (nSPS) is 5.50. The van der Waals surface area contributed by atoms with Gasteiger partial charge in [-0.1, -0.05) is 0 Å². The van der Waals surface area contributed by atoms with Crippen molar-refractivity contribution < 1.29 is 14.7 Å². The second-order valence-corrected chi connectivity index (χ2v) is 0.949. The average molecular weight is 141 g/mol. The van der Waals surface area contributed by atoms with Gasteiger partial charge in [0.25, 0.3) is 0 Å². The first-order valence-electron chi connectivity index (χ1n) is 2.29. The summed E-state index contributed by atoms with van der Waals surface area (Å²) in [6.45, 7) is 1.31. The van der Waals surface area contributed by atoms with Crippen molar-refractivity contribution >= 4 is 27.2 Å². The van der Waals surface area contributed by atoms with Crippen molar-refractivity contribution in [3.05, 3.63) is 0 Å². The Labute approximate surface area is 62.6 Å². The van der Waals surface area contributed by atoms with Crippen LogP contribution in [-0.4, -0.2) is 39.4 Å². The molecular formula is C4H9B2NO3. The Morgan fingerprint density at radius 3 is 1.30 bits per heavy atom. The molecule has 0 bridgehead atoms. The zero-order chi connectivity index (χ0) is 9.15. The quantitative estimate of drug-likeness (QED) is 0.428. The first-order chi connectivity index (χ1) is 4.46. The minimum absolute atomic E-state index is 0.333. The van der Waals surface area contributed by atoms with Crippen molar-refractivity contribution in [2.45, 2.75) is 6.92 Å². The maximum absolute atomic E-state index is 9.22. The predicted molar refractivity (Wildman–Crippen MR) is 40.3 cm³/mol. The maximum atomic E-state index is 9.22. The highest BCUT2D eigenvalue weighted by molar-refractivity contribution is 6.56. The number of hydrogen-bond donors (Lipinski definition) is 2. The van der Waals surface area contributed by atoms with Crippen LogP contribution in [0.15, 0.2) is 0 Å². The Kier molecular flexibility index (Phi) is 25.3. The van der Waals surface area contributed by atoms with Crippen LogP contribution in [0.5, 0.6) is 0 Å². The summed E-state index contributed by atoms with van der Waals surface area (Å²) in [5.74, 6) is -1.33. The minimum atomic E-state index is -1.33. The zero-order valence-corrected chi connectivity index (χ0v) is 6.00. The monoisotopic (exact) mass is 141 g/mol. The van der Waals surface area contributed by atoms with Gasteiger partial charge in [0.2, 0.25) is 13.7 Å². The van der Waals surface area contributed by atoms with Gasteiger partial charge in [-0.3, -0.25) is 4.79 Å². The first-order valence-corrected chi connectivity index (χ1v) is 2.29. The molecule has 4 radical (unpaired) electrons. The van der Waals surface area contributed by atoms with Gasteiger partial charge >= 0.3 is 0 Å². The molecule has 0 aromatic carbocycles. The molecule has 0 aliphatic rings. The molecule has 0 aliphatic heterocycles. The molecule has 0 heterocycles. The van der Waals surface area contributed by atoms with Crippen LogP contribution in [0, 0.1) is 0 Å². The van der Waals surface area contributed by atoms with E-state index in [1.807, 2.05) is 0 Å². The van der Waals surface area contributed by atoms with Gasteiger partial charge in [0.1, 0.15) is 0 Å². The molecule has 0 unspecified atom stereocenters. The number of carboxylic acid groups (broad SMARTS) is 1. The van der Waals surface area contributed by atoms with E-state index in [1.165, 1.54) is 14.0 Å². The summed E-state index contributed by atoms with van der Waals surface area (Å²) in [5, 5.41) is 7.19. The largest absolute Gasteiger partial charge is 0.490 e. The van der Waals surface area contributed by atoms with E-state index in [2.05, 4.69) is 21.4 Å². The van der Waals surface area contributed by atoms with E-state index in [0.29, 0.717) is 0 Å². The lowest BCUT2D eigenvalue weighted by molar-refractivity contribution is -0.109. The van der Waals surface area contributed by atoms with E-state index in [4.69, 9.17) is 9.90 Å². The minimum Gasteiger partial charge on any atom is -0.490 e. The zero-order valence-electron chi connectivity index (χ0n) is 6.00. The third-order valence-corrected chi connectivity index (χ3v) is 0. The lowest BCUT2D eigenvalue weighted by Gasteiger charge is -1.59. The van der Waals surface area contributed by atoms with Gasteiger partial charge < -0.3 is 15.6 Å². The Morgan fingerprint density at radius 2 is 1.30 bits per heavy atom. The second-order valence-electron chi connectivity index (χ2n) is 0.949. The fraction of sp³-hybridized carbons (Fsp3) is 0.500. The smallest absolute Gasteiger partial charge is 0.233 e. The Hall–Kier alpha value is -0.770. The third-order valence-electron chi connectivity index (χ3n) is 0.